The number of hydrogen-bond acceptors (Lipinski definition) is 12. The third-order valence-corrected chi connectivity index (χ3v) is 14.0. The Kier molecular flexibility index (Phi) is 16.1. The molecule has 2 aromatic heterocycles. The van der Waals surface area contributed by atoms with E-state index in [1.54, 1.807) is 46.8 Å². The number of hydrogen-bond donors (Lipinski definition) is 3. The summed E-state index contributed by atoms with van der Waals surface area (Å²) in [7, 11) is 0. The summed E-state index contributed by atoms with van der Waals surface area (Å²) < 4.78 is 101. The van der Waals surface area contributed by atoms with Crippen LogP contribution in [0.2, 0.25) is 0 Å². The topological polar surface area (TPSA) is 230 Å². The van der Waals surface area contributed by atoms with Gasteiger partial charge in [0.2, 0.25) is 17.7 Å². The van der Waals surface area contributed by atoms with Gasteiger partial charge < -0.3 is 48.9 Å². The van der Waals surface area contributed by atoms with Crippen molar-refractivity contribution in [2.24, 2.45) is 5.92 Å². The van der Waals surface area contributed by atoms with Crippen LogP contribution in [0.5, 0.6) is 0 Å². The van der Waals surface area contributed by atoms with Crippen LogP contribution in [0.3, 0.4) is 0 Å². The lowest BCUT2D eigenvalue weighted by molar-refractivity contribution is -0.147. The number of nitrogens with zero attached hydrogens (tertiary/aromatic N) is 4. The number of nitrogens with one attached hydrogen (secondary N) is 3. The van der Waals surface area contributed by atoms with Crippen LogP contribution in [0.15, 0.2) is 36.4 Å². The molecule has 0 bridgehead atoms. The number of H-pyrrole nitrogens is 2. The lowest BCUT2D eigenvalue weighted by atomic mass is 9.93. The second-order valence-electron chi connectivity index (χ2n) is 22.3. The lowest BCUT2D eigenvalue weighted by Crippen LogP contribution is -2.55. The zero-order chi connectivity index (χ0) is 62.9. The molecule has 2 saturated heterocycles. The second kappa shape index (κ2) is 24.3. The van der Waals surface area contributed by atoms with Crippen LogP contribution in [0, 0.1) is 17.6 Å². The average molecular weight is 1100 g/mol. The molecular formula is C57H77F2N7O12. The molecule has 4 heterocycles. The van der Waals surface area contributed by atoms with Gasteiger partial charge in [0.1, 0.15) is 47.1 Å². The molecular weight excluding hydrogens is 1010 g/mol. The third-order valence-electron chi connectivity index (χ3n) is 14.0. The molecule has 0 radical (unpaired) electrons. The number of aromatic nitrogens is 2. The number of amides is 5. The van der Waals surface area contributed by atoms with Crippen molar-refractivity contribution in [3.63, 3.8) is 0 Å². The largest absolute Gasteiger partial charge is 0.461 e. The number of likely N-dealkylation sites (tertiary alicyclic amines) is 2. The summed E-state index contributed by atoms with van der Waals surface area (Å²) in [5, 5.41) is 3.64. The number of halogens is 2. The molecule has 6 rings (SSSR count). The van der Waals surface area contributed by atoms with Gasteiger partial charge in [-0.05, 0) is 129 Å². The molecule has 19 nitrogen and oxygen atoms in total. The van der Waals surface area contributed by atoms with E-state index in [4.69, 9.17) is 27.2 Å². The van der Waals surface area contributed by atoms with Crippen LogP contribution in [-0.4, -0.2) is 158 Å². The van der Waals surface area contributed by atoms with Gasteiger partial charge in [-0.3, -0.25) is 33.7 Å². The maximum atomic E-state index is 15.3. The normalized spacial score (nSPS) is 20.7. The Morgan fingerprint density at radius 2 is 1.13 bits per heavy atom. The van der Waals surface area contributed by atoms with Crippen molar-refractivity contribution in [3.05, 3.63) is 59.2 Å². The van der Waals surface area contributed by atoms with Crippen molar-refractivity contribution >= 4 is 69.4 Å². The van der Waals surface area contributed by atoms with E-state index in [2.05, 4.69) is 15.3 Å². The number of esters is 2. The first-order valence-corrected chi connectivity index (χ1v) is 26.3. The molecule has 4 aromatic rings. The highest BCUT2D eigenvalue weighted by Gasteiger charge is 2.43. The van der Waals surface area contributed by atoms with Crippen molar-refractivity contribution in [3.8, 4) is 11.4 Å². The monoisotopic (exact) mass is 1100 g/mol. The van der Waals surface area contributed by atoms with Gasteiger partial charge in [-0.15, -0.1) is 0 Å². The maximum Gasteiger partial charge on any atom is 0.410 e. The fourth-order valence-corrected chi connectivity index (χ4v) is 10.2. The first kappa shape index (κ1) is 51.7. The smallest absolute Gasteiger partial charge is 0.410 e. The van der Waals surface area contributed by atoms with E-state index in [1.165, 1.54) is 82.5 Å². The Labute approximate surface area is 462 Å². The van der Waals surface area contributed by atoms with Gasteiger partial charge in [0, 0.05) is 95.1 Å². The molecule has 2 aromatic carbocycles. The number of carbonyl (C=O) groups is 8. The molecule has 78 heavy (non-hydrogen) atoms. The standard InChI is InChI=1S/C57H77F2N7O12/c1-15-34(21-48(69)30(3)63(13)54(73)77-56(7,8)9)52(71)65-28-39(75-32(5)67)24-37(65)26-43-41-19-17-35(58)22-46(41)60-49(43)50-44(42-20-18-36(59)23-47(42)61-50)27-38-25-40(76-33(6)68)29-66(38)53(72)45(16-2)62-51(70)31(4)64(14)55(74)78-57(10,11)12/h17-20,22-23,30-31,34,37-40,45,60-61H,15-16,21,24-29H2,1-14H3,(H,62,70)/t30-,31-,34+,37?,38-,39-,40-,45-/m0/s1/i13D3,14D3. The second-order valence-corrected chi connectivity index (χ2v) is 22.3. The molecule has 21 heteroatoms. The van der Waals surface area contributed by atoms with Crippen molar-refractivity contribution in [1.29, 1.82) is 0 Å². The number of ketones is 1. The number of fused-ring (bicyclic) bond motifs is 2. The molecule has 3 N–H and O–H groups in total. The minimum Gasteiger partial charge on any atom is -0.461 e. The van der Waals surface area contributed by atoms with Gasteiger partial charge in [0.15, 0.2) is 5.78 Å². The molecule has 0 spiro atoms. The van der Waals surface area contributed by atoms with Crippen LogP contribution < -0.4 is 5.32 Å². The first-order valence-electron chi connectivity index (χ1n) is 29.3. The van der Waals surface area contributed by atoms with Crippen molar-refractivity contribution in [2.45, 2.75) is 182 Å². The average Bonchev–Trinajstić information content (AvgIpc) is 2.83. The SMILES string of the molecule is [2H]C([2H])([2H])N(C(=O)OC(C)(C)C)[C@@H](C)C(=O)C[C@@H](CC)C(=O)N1C[C@@H](OC(C)=O)CC1Cc1c(-c2[nH]c3cc(F)ccc3c2C[C@@H]2C[C@H](OC(C)=O)CN2C(=O)[C@H](CC)NC(=O)[C@H](C)N(C(=O)OC(C)(C)C)C([2H])([2H])[2H])[nH]c2cc(F)ccc12. The van der Waals surface area contributed by atoms with E-state index in [0.717, 1.165) is 0 Å². The van der Waals surface area contributed by atoms with E-state index < -0.39 is 139 Å². The van der Waals surface area contributed by atoms with Crippen LogP contribution in [0.4, 0.5) is 18.4 Å². The van der Waals surface area contributed by atoms with Gasteiger partial charge in [-0.25, -0.2) is 18.4 Å². The third kappa shape index (κ3) is 14.3. The summed E-state index contributed by atoms with van der Waals surface area (Å²) in [5.74, 6) is -6.33. The maximum absolute atomic E-state index is 15.3. The molecule has 0 aliphatic carbocycles. The minimum atomic E-state index is -3.12. The fourth-order valence-electron chi connectivity index (χ4n) is 10.2. The Bertz CT molecular complexity index is 2950. The van der Waals surface area contributed by atoms with Crippen molar-refractivity contribution in [1.82, 2.24) is 34.9 Å². The van der Waals surface area contributed by atoms with E-state index in [9.17, 15) is 38.4 Å². The minimum absolute atomic E-state index is 0.000218. The predicted molar refractivity (Wildman–Crippen MR) is 287 cm³/mol. The predicted octanol–water partition coefficient (Wildman–Crippen LogP) is 8.14. The highest BCUT2D eigenvalue weighted by Crippen LogP contribution is 2.41. The van der Waals surface area contributed by atoms with Gasteiger partial charge in [0.25, 0.3) is 0 Å². The number of aromatic amines is 2. The summed E-state index contributed by atoms with van der Waals surface area (Å²) in [4.78, 5) is 119. The molecule has 2 aliphatic rings. The Balaban J connectivity index is 1.40. The number of carbonyl (C=O) groups excluding carboxylic acids is 8. The number of rotatable bonds is 18. The van der Waals surface area contributed by atoms with Crippen LogP contribution in [0.25, 0.3) is 33.2 Å². The van der Waals surface area contributed by atoms with E-state index in [-0.39, 0.29) is 51.6 Å². The molecule has 8 atom stereocenters. The number of benzene rings is 2. The summed E-state index contributed by atoms with van der Waals surface area (Å²) in [6.07, 6.45) is -4.34. The molecule has 0 saturated carbocycles. The quantitative estimate of drug-likeness (QED) is 0.0634. The van der Waals surface area contributed by atoms with Gasteiger partial charge in [-0.2, -0.15) is 0 Å². The Hall–Kier alpha value is -7.06. The molecule has 1 unspecified atom stereocenters. The number of Topliss-reactive ketones (excluding diaryl/α,β-unsaturated/α-hetero) is 1. The van der Waals surface area contributed by atoms with Gasteiger partial charge in [0.05, 0.1) is 30.5 Å². The molecule has 2 fully saturated rings. The first-order chi connectivity index (χ1) is 38.8. The zero-order valence-electron chi connectivity index (χ0n) is 52.4. The highest BCUT2D eigenvalue weighted by molar-refractivity contribution is 5.97. The summed E-state index contributed by atoms with van der Waals surface area (Å²) in [6, 6.07) is 2.12. The molecule has 2 aliphatic heterocycles. The van der Waals surface area contributed by atoms with E-state index >= 15 is 8.78 Å². The zero-order valence-corrected chi connectivity index (χ0v) is 46.4. The summed E-state index contributed by atoms with van der Waals surface area (Å²) in [5.41, 5.74) is 0.228. The molecule has 426 valence electrons. The Morgan fingerprint density at radius 3 is 1.53 bits per heavy atom. The van der Waals surface area contributed by atoms with Crippen LogP contribution in [-0.2, 0) is 60.6 Å². The fraction of sp³-hybridized carbons (Fsp3) is 0.579. The van der Waals surface area contributed by atoms with Crippen LogP contribution >= 0.6 is 0 Å². The summed E-state index contributed by atoms with van der Waals surface area (Å²) >= 11 is 0. The molecule has 5 amide bonds. The van der Waals surface area contributed by atoms with Gasteiger partial charge in [-0.1, -0.05) is 13.8 Å². The van der Waals surface area contributed by atoms with Crippen molar-refractivity contribution < 1.29 is 74.3 Å². The van der Waals surface area contributed by atoms with Gasteiger partial charge >= 0.3 is 24.1 Å². The van der Waals surface area contributed by atoms with E-state index in [0.29, 0.717) is 54.1 Å². The highest BCUT2D eigenvalue weighted by atomic mass is 19.1. The Morgan fingerprint density at radius 1 is 0.692 bits per heavy atom. The van der Waals surface area contributed by atoms with Crippen LogP contribution in [0.1, 0.15) is 135 Å². The van der Waals surface area contributed by atoms with E-state index in [1.807, 2.05) is 0 Å². The number of likely N-dealkylation sites (N-methyl/N-ethyl adjacent to an activating group) is 2. The number of ether oxygens (including phenoxy) is 4. The summed E-state index contributed by atoms with van der Waals surface area (Å²) in [6.45, 7) is 10.9. The lowest BCUT2D eigenvalue weighted by Gasteiger charge is -2.31. The van der Waals surface area contributed by atoms with Crippen molar-refractivity contribution in [2.75, 3.05) is 27.0 Å².